The Kier molecular flexibility index (Phi) is 7.87. The van der Waals surface area contributed by atoms with E-state index in [-0.39, 0.29) is 51.5 Å². The minimum Gasteiger partial charge on any atom is -0.373 e. The van der Waals surface area contributed by atoms with E-state index in [9.17, 15) is 0 Å². The average Bonchev–Trinajstić information content (AvgIpc) is 2.44. The second-order valence-electron chi connectivity index (χ2n) is 15.5. The first-order chi connectivity index (χ1) is 15.1. The standard InChI is InChI=1S/C27H55N3O3Si/c1-22(2)13-19(14-23(3,4)28-22)31-34(32-20-15-24(5,6)29-25(7,8)16-20)33-21-17-26(9,10)30-27(11,12)18-21/h19-21,28-30,34H,13-18H2,1-12H3. The molecular formula is C27H55N3O3Si. The van der Waals surface area contributed by atoms with Gasteiger partial charge in [0.05, 0.1) is 18.3 Å². The molecule has 3 fully saturated rings. The summed E-state index contributed by atoms with van der Waals surface area (Å²) >= 11 is 0. The van der Waals surface area contributed by atoms with Crippen LogP contribution < -0.4 is 16.0 Å². The number of rotatable bonds is 6. The zero-order chi connectivity index (χ0) is 25.8. The van der Waals surface area contributed by atoms with Gasteiger partial charge in [-0.25, -0.2) is 0 Å². The Bertz CT molecular complexity index is 577. The highest BCUT2D eigenvalue weighted by Gasteiger charge is 2.45. The van der Waals surface area contributed by atoms with Crippen LogP contribution in [0.15, 0.2) is 0 Å². The molecule has 3 rings (SSSR count). The lowest BCUT2D eigenvalue weighted by molar-refractivity contribution is -0.0571. The Balaban J connectivity index is 1.78. The van der Waals surface area contributed by atoms with Gasteiger partial charge in [0.25, 0.3) is 0 Å². The molecule has 0 aromatic heterocycles. The van der Waals surface area contributed by atoms with E-state index in [1.54, 1.807) is 0 Å². The molecule has 0 aliphatic carbocycles. The summed E-state index contributed by atoms with van der Waals surface area (Å²) in [4.78, 5) is 0. The first-order valence-electron chi connectivity index (χ1n) is 13.5. The summed E-state index contributed by atoms with van der Waals surface area (Å²) in [5, 5.41) is 11.3. The molecule has 200 valence electrons. The molecule has 6 nitrogen and oxygen atoms in total. The van der Waals surface area contributed by atoms with E-state index in [4.69, 9.17) is 13.3 Å². The molecule has 0 radical (unpaired) electrons. The van der Waals surface area contributed by atoms with Crippen molar-refractivity contribution in [1.29, 1.82) is 0 Å². The van der Waals surface area contributed by atoms with E-state index >= 15 is 0 Å². The Morgan fingerprint density at radius 1 is 0.412 bits per heavy atom. The van der Waals surface area contributed by atoms with Crippen LogP contribution in [-0.2, 0) is 13.3 Å². The van der Waals surface area contributed by atoms with Gasteiger partial charge in [0.15, 0.2) is 0 Å². The third kappa shape index (κ3) is 8.53. The smallest absolute Gasteiger partial charge is 0.373 e. The quantitative estimate of drug-likeness (QED) is 0.463. The van der Waals surface area contributed by atoms with Gasteiger partial charge in [0.1, 0.15) is 0 Å². The lowest BCUT2D eigenvalue weighted by Gasteiger charge is -2.49. The van der Waals surface area contributed by atoms with Crippen LogP contribution in [0.25, 0.3) is 0 Å². The van der Waals surface area contributed by atoms with Gasteiger partial charge in [-0.3, -0.25) is 0 Å². The monoisotopic (exact) mass is 497 g/mol. The Morgan fingerprint density at radius 3 is 0.765 bits per heavy atom. The molecule has 0 saturated carbocycles. The van der Waals surface area contributed by atoms with Crippen molar-refractivity contribution in [2.45, 2.75) is 173 Å². The van der Waals surface area contributed by atoms with Crippen molar-refractivity contribution >= 4 is 9.53 Å². The van der Waals surface area contributed by atoms with Gasteiger partial charge in [0.2, 0.25) is 0 Å². The largest absolute Gasteiger partial charge is 0.484 e. The van der Waals surface area contributed by atoms with E-state index < -0.39 is 9.53 Å². The van der Waals surface area contributed by atoms with Crippen molar-refractivity contribution < 1.29 is 13.3 Å². The Hall–Kier alpha value is -0.0231. The van der Waals surface area contributed by atoms with Gasteiger partial charge in [-0.05, 0) is 122 Å². The third-order valence-electron chi connectivity index (χ3n) is 7.37. The van der Waals surface area contributed by atoms with Crippen LogP contribution in [-0.4, -0.2) is 61.1 Å². The van der Waals surface area contributed by atoms with Crippen LogP contribution in [0.5, 0.6) is 0 Å². The highest BCUT2D eigenvalue weighted by Crippen LogP contribution is 2.35. The van der Waals surface area contributed by atoms with E-state index in [0.717, 1.165) is 38.5 Å². The molecule has 0 atom stereocenters. The molecule has 3 aliphatic rings. The summed E-state index contributed by atoms with van der Waals surface area (Å²) in [6.45, 7) is 27.3. The summed E-state index contributed by atoms with van der Waals surface area (Å²) in [7, 11) is -2.38. The van der Waals surface area contributed by atoms with E-state index in [1.807, 2.05) is 0 Å². The minimum atomic E-state index is -2.38. The third-order valence-corrected chi connectivity index (χ3v) is 9.19. The van der Waals surface area contributed by atoms with E-state index in [2.05, 4.69) is 99.0 Å². The Labute approximate surface area is 212 Å². The summed E-state index contributed by atoms with van der Waals surface area (Å²) in [5.41, 5.74) is 0.184. The predicted molar refractivity (Wildman–Crippen MR) is 143 cm³/mol. The van der Waals surface area contributed by atoms with Crippen LogP contribution in [0.1, 0.15) is 122 Å². The molecule has 7 heteroatoms. The predicted octanol–water partition coefficient (Wildman–Crippen LogP) is 4.68. The van der Waals surface area contributed by atoms with Gasteiger partial charge in [0, 0.05) is 33.2 Å². The maximum atomic E-state index is 6.85. The number of nitrogens with one attached hydrogen (secondary N) is 3. The van der Waals surface area contributed by atoms with Gasteiger partial charge >= 0.3 is 9.53 Å². The van der Waals surface area contributed by atoms with Crippen LogP contribution in [0.3, 0.4) is 0 Å². The average molecular weight is 498 g/mol. The summed E-state index contributed by atoms with van der Waals surface area (Å²) in [6, 6.07) is 0. The summed E-state index contributed by atoms with van der Waals surface area (Å²) < 4.78 is 20.6. The molecule has 0 aromatic carbocycles. The number of hydrogen-bond acceptors (Lipinski definition) is 6. The second kappa shape index (κ2) is 9.37. The maximum Gasteiger partial charge on any atom is 0.484 e. The van der Waals surface area contributed by atoms with Crippen molar-refractivity contribution in [3.63, 3.8) is 0 Å². The van der Waals surface area contributed by atoms with Crippen LogP contribution in [0.2, 0.25) is 0 Å². The molecule has 0 amide bonds. The molecule has 3 heterocycles. The molecule has 0 bridgehead atoms. The summed E-state index contributed by atoms with van der Waals surface area (Å²) in [6.07, 6.45) is 6.27. The van der Waals surface area contributed by atoms with Gasteiger partial charge < -0.3 is 29.2 Å². The normalized spacial score (nSPS) is 31.0. The molecule has 3 aliphatic heterocycles. The molecule has 0 aromatic rings. The van der Waals surface area contributed by atoms with Crippen molar-refractivity contribution in [2.75, 3.05) is 0 Å². The van der Waals surface area contributed by atoms with Gasteiger partial charge in [-0.1, -0.05) is 0 Å². The molecule has 3 N–H and O–H groups in total. The van der Waals surface area contributed by atoms with Gasteiger partial charge in [-0.15, -0.1) is 0 Å². The van der Waals surface area contributed by atoms with Crippen molar-refractivity contribution in [1.82, 2.24) is 16.0 Å². The molecule has 34 heavy (non-hydrogen) atoms. The second-order valence-corrected chi connectivity index (χ2v) is 16.9. The first kappa shape index (κ1) is 28.5. The highest BCUT2D eigenvalue weighted by atomic mass is 28.3. The molecular weight excluding hydrogens is 442 g/mol. The fourth-order valence-electron chi connectivity index (χ4n) is 7.54. The lowest BCUT2D eigenvalue weighted by Crippen LogP contribution is -2.62. The van der Waals surface area contributed by atoms with Crippen LogP contribution in [0.4, 0.5) is 0 Å². The number of hydrogen-bond donors (Lipinski definition) is 3. The van der Waals surface area contributed by atoms with Crippen molar-refractivity contribution in [3.05, 3.63) is 0 Å². The zero-order valence-corrected chi connectivity index (χ0v) is 25.4. The summed E-state index contributed by atoms with van der Waals surface area (Å²) in [5.74, 6) is 0. The van der Waals surface area contributed by atoms with Crippen molar-refractivity contribution in [3.8, 4) is 0 Å². The molecule has 0 spiro atoms. The molecule has 3 saturated heterocycles. The van der Waals surface area contributed by atoms with E-state index in [1.165, 1.54) is 0 Å². The topological polar surface area (TPSA) is 63.8 Å². The minimum absolute atomic E-state index is 0.0306. The first-order valence-corrected chi connectivity index (χ1v) is 14.9. The SMILES string of the molecule is CC1(C)CC(O[SiH](OC2CC(C)(C)NC(C)(C)C2)OC2CC(C)(C)NC(C)(C)C2)CC(C)(C)N1. The number of piperidine rings is 3. The van der Waals surface area contributed by atoms with Gasteiger partial charge in [-0.2, -0.15) is 0 Å². The zero-order valence-electron chi connectivity index (χ0n) is 24.3. The van der Waals surface area contributed by atoms with Crippen LogP contribution >= 0.6 is 0 Å². The molecule has 0 unspecified atom stereocenters. The fourth-order valence-corrected chi connectivity index (χ4v) is 9.25. The van der Waals surface area contributed by atoms with E-state index in [0.29, 0.717) is 0 Å². The van der Waals surface area contributed by atoms with Crippen LogP contribution in [0, 0.1) is 0 Å². The Morgan fingerprint density at radius 2 is 0.588 bits per heavy atom. The lowest BCUT2D eigenvalue weighted by atomic mass is 9.81. The van der Waals surface area contributed by atoms with Crippen molar-refractivity contribution in [2.24, 2.45) is 0 Å². The maximum absolute atomic E-state index is 6.85. The highest BCUT2D eigenvalue weighted by molar-refractivity contribution is 6.36. The fraction of sp³-hybridized carbons (Fsp3) is 1.00.